The summed E-state index contributed by atoms with van der Waals surface area (Å²) < 4.78 is 50.8. The van der Waals surface area contributed by atoms with Crippen LogP contribution in [0.4, 0.5) is 0 Å². The van der Waals surface area contributed by atoms with Crippen LogP contribution in [0.1, 0.15) is 0 Å². The summed E-state index contributed by atoms with van der Waals surface area (Å²) >= 11 is -5.25. The molecule has 0 bridgehead atoms. The zero-order chi connectivity index (χ0) is 8.12. The second-order valence-electron chi connectivity index (χ2n) is 0.289. The van der Waals surface area contributed by atoms with Crippen molar-refractivity contribution in [1.82, 2.24) is 0 Å². The fourth-order valence-electron chi connectivity index (χ4n) is 0. The normalized spacial score (nSPS) is 1.85. The quantitative estimate of drug-likeness (QED) is 0.396. The van der Waals surface area contributed by atoms with Crippen molar-refractivity contribution in [2.45, 2.75) is 0 Å². The summed E-state index contributed by atoms with van der Waals surface area (Å²) in [6.07, 6.45) is 0. The molecule has 2 N–H and O–H groups in total. The van der Waals surface area contributed by atoms with Crippen molar-refractivity contribution in [3.8, 4) is 0 Å². The first-order valence-electron chi connectivity index (χ1n) is 1.41. The second kappa shape index (κ2) is 78.3. The van der Waals surface area contributed by atoms with E-state index in [1.165, 1.54) is 0 Å². The van der Waals surface area contributed by atoms with Gasteiger partial charge in [0.2, 0.25) is 0 Å². The second-order valence-corrected chi connectivity index (χ2v) is 0.866. The van der Waals surface area contributed by atoms with Crippen LogP contribution in [0.2, 0.25) is 0 Å². The molecule has 0 saturated carbocycles. The van der Waals surface area contributed by atoms with Crippen LogP contribution in [0, 0.1) is 0 Å². The van der Waals surface area contributed by atoms with E-state index in [0.29, 0.717) is 0 Å². The van der Waals surface area contributed by atoms with Crippen molar-refractivity contribution in [3.05, 3.63) is 0 Å². The van der Waals surface area contributed by atoms with Gasteiger partial charge < -0.3 is 5.48 Å². The molecule has 56 valence electrons. The first-order chi connectivity index (χ1) is 4.24. The summed E-state index contributed by atoms with van der Waals surface area (Å²) in [7, 11) is 0. The number of hydrogen-bond acceptors (Lipinski definition) is 6. The molecule has 0 amide bonds. The molecular formula is H2Al3Na3O7. The molecule has 0 heterocycles. The third-order valence-electron chi connectivity index (χ3n) is 0. The van der Waals surface area contributed by atoms with Gasteiger partial charge in [0, 0.05) is 0 Å². The minimum atomic E-state index is -1.75. The van der Waals surface area contributed by atoms with Crippen molar-refractivity contribution in [1.29, 1.82) is 0 Å². The fraction of sp³-hybridized carbons (Fsp3) is 0. The Hall–Kier alpha value is 3.36. The first-order valence-corrected chi connectivity index (χ1v) is 4.24. The van der Waals surface area contributed by atoms with E-state index >= 15 is 0 Å². The Morgan fingerprint density at radius 1 is 0.615 bits per heavy atom. The third kappa shape index (κ3) is 243. The average Bonchev–Trinajstić information content (AvgIpc) is 1.70. The molecule has 0 spiro atoms. The van der Waals surface area contributed by atoms with E-state index in [9.17, 15) is 0 Å². The van der Waals surface area contributed by atoms with Crippen LogP contribution in [0.5, 0.6) is 0 Å². The van der Waals surface area contributed by atoms with Gasteiger partial charge in [-0.1, -0.05) is 0 Å². The molecule has 13 heavy (non-hydrogen) atoms. The van der Waals surface area contributed by atoms with E-state index < -0.39 is 46.5 Å². The van der Waals surface area contributed by atoms with Gasteiger partial charge in [-0.25, -0.2) is 0 Å². The van der Waals surface area contributed by atoms with E-state index in [0.717, 1.165) is 0 Å². The first kappa shape index (κ1) is 44.1. The van der Waals surface area contributed by atoms with E-state index in [1.807, 2.05) is 0 Å². The number of hydrogen-bond donors (Lipinski definition) is 0. The van der Waals surface area contributed by atoms with Crippen molar-refractivity contribution < 1.29 is 118 Å². The van der Waals surface area contributed by atoms with Crippen molar-refractivity contribution in [3.63, 3.8) is 0 Å². The van der Waals surface area contributed by atoms with Gasteiger partial charge >= 0.3 is 159 Å². The Kier molecular flexibility index (Phi) is 265. The molecule has 0 atom stereocenters. The van der Waals surface area contributed by atoms with Crippen molar-refractivity contribution >= 4 is 46.5 Å². The van der Waals surface area contributed by atoms with Crippen LogP contribution < -0.4 is 101 Å². The van der Waals surface area contributed by atoms with Crippen LogP contribution in [0.25, 0.3) is 0 Å². The molecule has 0 aliphatic heterocycles. The summed E-state index contributed by atoms with van der Waals surface area (Å²) in [5, 5.41) is 0. The van der Waals surface area contributed by atoms with Crippen LogP contribution in [0.3, 0.4) is 0 Å². The molecule has 0 aromatic carbocycles. The predicted octanol–water partition coefficient (Wildman–Crippen LogP) is -14.9. The van der Waals surface area contributed by atoms with E-state index in [1.54, 1.807) is 0 Å². The van der Waals surface area contributed by atoms with Crippen LogP contribution in [-0.2, 0) is 11.4 Å². The predicted molar refractivity (Wildman–Crippen MR) is 22.9 cm³/mol. The standard InChI is InChI=1S/3Al.3Na.H2O.6O/h;;;;;;1H2;;;;;;/q;;;3*+1;;;;;3*-1. The molecule has 7 nitrogen and oxygen atoms in total. The van der Waals surface area contributed by atoms with Gasteiger partial charge in [0.05, 0.1) is 0 Å². The third-order valence-corrected chi connectivity index (χ3v) is 0. The van der Waals surface area contributed by atoms with Gasteiger partial charge in [0.25, 0.3) is 0 Å². The zero-order valence-electron chi connectivity index (χ0n) is 7.68. The fourth-order valence-corrected chi connectivity index (χ4v) is 0. The van der Waals surface area contributed by atoms with Crippen molar-refractivity contribution in [2.24, 2.45) is 0 Å². The summed E-state index contributed by atoms with van der Waals surface area (Å²) in [5.74, 6) is 0. The van der Waals surface area contributed by atoms with Crippen LogP contribution in [0.15, 0.2) is 0 Å². The summed E-state index contributed by atoms with van der Waals surface area (Å²) in [4.78, 5) is 0. The Morgan fingerprint density at radius 2 is 0.615 bits per heavy atom. The van der Waals surface area contributed by atoms with Gasteiger partial charge in [-0.15, -0.1) is 0 Å². The maximum atomic E-state index is 8.46. The Bertz CT molecular complexity index is 55.7. The Morgan fingerprint density at radius 3 is 0.615 bits per heavy atom. The molecule has 0 aliphatic carbocycles. The molecule has 0 radical (unpaired) electrons. The molecular weight excluding hydrogens is 262 g/mol. The van der Waals surface area contributed by atoms with E-state index in [4.69, 9.17) is 23.9 Å². The van der Waals surface area contributed by atoms with Gasteiger partial charge in [0.15, 0.2) is 0 Å². The van der Waals surface area contributed by atoms with Crippen LogP contribution >= 0.6 is 0 Å². The number of rotatable bonds is 0. The average molecular weight is 264 g/mol. The summed E-state index contributed by atoms with van der Waals surface area (Å²) in [5.41, 5.74) is 0. The summed E-state index contributed by atoms with van der Waals surface area (Å²) in [6, 6.07) is 0. The SMILES string of the molecule is O.[Na+].[Na+].[Na+].[O]=[Al][O-].[O]=[Al][O-].[O]=[Al][O-]. The monoisotopic (exact) mass is 264 g/mol. The maximum absolute atomic E-state index is 8.46. The van der Waals surface area contributed by atoms with Gasteiger partial charge in [-0.2, -0.15) is 0 Å². The molecule has 0 fully saturated rings. The Balaban J connectivity index is -0.00000000720. The summed E-state index contributed by atoms with van der Waals surface area (Å²) in [6.45, 7) is 0. The molecule has 0 saturated heterocycles. The minimum absolute atomic E-state index is 0. The van der Waals surface area contributed by atoms with Crippen LogP contribution in [-0.4, -0.2) is 51.9 Å². The van der Waals surface area contributed by atoms with Gasteiger partial charge in [-0.3, -0.25) is 0 Å². The topological polar surface area (TPSA) is 152 Å². The molecule has 13 heteroatoms. The molecule has 0 rings (SSSR count). The zero-order valence-corrected chi connectivity index (χ0v) is 17.1. The Labute approximate surface area is 161 Å². The van der Waals surface area contributed by atoms with E-state index in [-0.39, 0.29) is 94.1 Å². The van der Waals surface area contributed by atoms with Crippen molar-refractivity contribution in [2.75, 3.05) is 0 Å². The molecule has 0 aromatic heterocycles. The molecule has 0 aromatic rings. The van der Waals surface area contributed by atoms with Gasteiger partial charge in [-0.05, 0) is 0 Å². The molecule has 0 aliphatic rings. The van der Waals surface area contributed by atoms with Gasteiger partial charge in [0.1, 0.15) is 0 Å². The molecule has 0 unspecified atom stereocenters. The van der Waals surface area contributed by atoms with E-state index in [2.05, 4.69) is 0 Å².